The number of methoxy groups -OCH3 is 1. The van der Waals surface area contributed by atoms with Crippen molar-refractivity contribution in [1.29, 1.82) is 0 Å². The van der Waals surface area contributed by atoms with E-state index >= 15 is 0 Å². The van der Waals surface area contributed by atoms with Crippen molar-refractivity contribution in [2.75, 3.05) is 13.9 Å². The molecule has 0 bridgehead atoms. The maximum absolute atomic E-state index is 12.7. The summed E-state index contributed by atoms with van der Waals surface area (Å²) < 4.78 is 22.4. The van der Waals surface area contributed by atoms with Crippen LogP contribution in [0.2, 0.25) is 5.02 Å². The highest BCUT2D eigenvalue weighted by atomic mass is 35.5. The van der Waals surface area contributed by atoms with E-state index in [-0.39, 0.29) is 12.7 Å². The zero-order chi connectivity index (χ0) is 24.5. The van der Waals surface area contributed by atoms with E-state index in [1.165, 1.54) is 0 Å². The summed E-state index contributed by atoms with van der Waals surface area (Å²) in [7, 11) is 1.62. The van der Waals surface area contributed by atoms with Crippen molar-refractivity contribution in [3.63, 3.8) is 0 Å². The zero-order valence-corrected chi connectivity index (χ0v) is 20.4. The molecule has 7 heteroatoms. The molecular formula is C28H24ClNO5. The molecule has 2 heterocycles. The van der Waals surface area contributed by atoms with Gasteiger partial charge in [0.25, 0.3) is 0 Å². The fourth-order valence-corrected chi connectivity index (χ4v) is 4.42. The van der Waals surface area contributed by atoms with Crippen LogP contribution in [0, 0.1) is 6.92 Å². The van der Waals surface area contributed by atoms with Crippen LogP contribution in [0.25, 0.3) is 27.7 Å². The number of fused-ring (bicyclic) bond motifs is 2. The zero-order valence-electron chi connectivity index (χ0n) is 19.6. The van der Waals surface area contributed by atoms with Gasteiger partial charge in [-0.05, 0) is 60.9 Å². The Morgan fingerprint density at radius 1 is 1.11 bits per heavy atom. The quantitative estimate of drug-likeness (QED) is 0.312. The molecule has 0 saturated carbocycles. The predicted octanol–water partition coefficient (Wildman–Crippen LogP) is 6.52. The largest absolute Gasteiger partial charge is 0.496 e. The van der Waals surface area contributed by atoms with E-state index in [0.717, 1.165) is 44.4 Å². The lowest BCUT2D eigenvalue weighted by Crippen LogP contribution is -2.20. The molecule has 0 fully saturated rings. The second kappa shape index (κ2) is 9.39. The summed E-state index contributed by atoms with van der Waals surface area (Å²) in [5.74, 6) is 1.87. The van der Waals surface area contributed by atoms with Gasteiger partial charge in [-0.25, -0.2) is 0 Å². The van der Waals surface area contributed by atoms with Gasteiger partial charge in [-0.2, -0.15) is 0 Å². The molecule has 1 aromatic heterocycles. The summed E-state index contributed by atoms with van der Waals surface area (Å²) in [5.41, 5.74) is 6.08. The van der Waals surface area contributed by atoms with Gasteiger partial charge < -0.3 is 23.9 Å². The van der Waals surface area contributed by atoms with E-state index in [1.807, 2.05) is 62.4 Å². The molecule has 0 aliphatic carbocycles. The summed E-state index contributed by atoms with van der Waals surface area (Å²) in [5, 5.41) is 4.54. The van der Waals surface area contributed by atoms with Crippen molar-refractivity contribution in [2.45, 2.75) is 20.4 Å². The third-order valence-electron chi connectivity index (χ3n) is 6.08. The van der Waals surface area contributed by atoms with Gasteiger partial charge in [0.15, 0.2) is 11.5 Å². The van der Waals surface area contributed by atoms with Crippen LogP contribution in [0.5, 0.6) is 17.2 Å². The summed E-state index contributed by atoms with van der Waals surface area (Å²) in [6.45, 7) is 4.43. The Labute approximate surface area is 208 Å². The van der Waals surface area contributed by atoms with Crippen molar-refractivity contribution < 1.29 is 23.4 Å². The van der Waals surface area contributed by atoms with Crippen LogP contribution in [0.1, 0.15) is 23.6 Å². The smallest absolute Gasteiger partial charge is 0.244 e. The summed E-state index contributed by atoms with van der Waals surface area (Å²) in [4.78, 5) is 12.7. The van der Waals surface area contributed by atoms with Crippen molar-refractivity contribution in [2.24, 2.45) is 0 Å². The minimum atomic E-state index is -0.204. The number of rotatable bonds is 6. The summed E-state index contributed by atoms with van der Waals surface area (Å²) in [6, 6.07) is 15.2. The number of aryl methyl sites for hydroxylation is 1. The van der Waals surface area contributed by atoms with Gasteiger partial charge in [0.1, 0.15) is 11.3 Å². The number of halogens is 1. The number of nitrogens with one attached hydrogen (secondary N) is 1. The number of carbonyl (C=O) groups is 1. The molecule has 1 aliphatic rings. The highest BCUT2D eigenvalue weighted by Crippen LogP contribution is 2.40. The minimum Gasteiger partial charge on any atom is -0.496 e. The average Bonchev–Trinajstić information content (AvgIpc) is 3.50. The van der Waals surface area contributed by atoms with E-state index in [9.17, 15) is 4.79 Å². The molecule has 1 N–H and O–H groups in total. The fraction of sp³-hybridized carbons (Fsp3) is 0.179. The van der Waals surface area contributed by atoms with Gasteiger partial charge in [-0.1, -0.05) is 29.8 Å². The second-order valence-corrected chi connectivity index (χ2v) is 8.78. The minimum absolute atomic E-state index is 0.204. The van der Waals surface area contributed by atoms with Crippen LogP contribution in [-0.2, 0) is 11.3 Å². The van der Waals surface area contributed by atoms with Crippen molar-refractivity contribution in [1.82, 2.24) is 5.32 Å². The van der Waals surface area contributed by atoms with Gasteiger partial charge in [0.05, 0.1) is 13.4 Å². The molecule has 35 heavy (non-hydrogen) atoms. The number of carbonyl (C=O) groups excluding carboxylic acids is 1. The molecule has 178 valence electrons. The van der Waals surface area contributed by atoms with Gasteiger partial charge in [-0.3, -0.25) is 4.79 Å². The van der Waals surface area contributed by atoms with Gasteiger partial charge in [0.2, 0.25) is 12.7 Å². The normalized spacial score (nSPS) is 12.7. The average molecular weight is 490 g/mol. The molecule has 6 nitrogen and oxygen atoms in total. The van der Waals surface area contributed by atoms with Crippen molar-refractivity contribution in [3.05, 3.63) is 82.6 Å². The van der Waals surface area contributed by atoms with Crippen LogP contribution in [0.3, 0.4) is 0 Å². The Hall–Kier alpha value is -3.90. The molecule has 1 aliphatic heterocycles. The van der Waals surface area contributed by atoms with Crippen LogP contribution < -0.4 is 19.5 Å². The number of hydrogen-bond donors (Lipinski definition) is 1. The molecule has 0 unspecified atom stereocenters. The molecule has 1 amide bonds. The second-order valence-electron chi connectivity index (χ2n) is 8.35. The Morgan fingerprint density at radius 2 is 1.89 bits per heavy atom. The van der Waals surface area contributed by atoms with E-state index in [0.29, 0.717) is 28.8 Å². The Bertz CT molecular complexity index is 1450. The SMILES string of the molecule is COc1c(/C(C)=C/C(=O)NCc2ccc3c(c2)OCO3)cc2c(-c3ccc(Cl)cc3)coc2c1C. The fourth-order valence-electron chi connectivity index (χ4n) is 4.29. The van der Waals surface area contributed by atoms with Crippen molar-refractivity contribution >= 4 is 34.1 Å². The molecule has 4 aromatic rings. The number of amides is 1. The maximum atomic E-state index is 12.7. The molecule has 0 radical (unpaired) electrons. The van der Waals surface area contributed by atoms with Crippen LogP contribution in [0.4, 0.5) is 0 Å². The number of benzene rings is 3. The van der Waals surface area contributed by atoms with Gasteiger partial charge in [0, 0.05) is 39.7 Å². The lowest BCUT2D eigenvalue weighted by molar-refractivity contribution is -0.116. The molecule has 0 saturated heterocycles. The molecule has 0 atom stereocenters. The highest BCUT2D eigenvalue weighted by Gasteiger charge is 2.19. The lowest BCUT2D eigenvalue weighted by atomic mass is 9.96. The molecule has 3 aromatic carbocycles. The van der Waals surface area contributed by atoms with Crippen molar-refractivity contribution in [3.8, 4) is 28.4 Å². The first-order valence-corrected chi connectivity index (χ1v) is 11.5. The number of ether oxygens (including phenoxy) is 3. The van der Waals surface area contributed by atoms with Gasteiger partial charge >= 0.3 is 0 Å². The topological polar surface area (TPSA) is 69.9 Å². The first-order chi connectivity index (χ1) is 16.9. The maximum Gasteiger partial charge on any atom is 0.244 e. The first-order valence-electron chi connectivity index (χ1n) is 11.1. The highest BCUT2D eigenvalue weighted by molar-refractivity contribution is 6.30. The van der Waals surface area contributed by atoms with E-state index in [4.69, 9.17) is 30.2 Å². The van der Waals surface area contributed by atoms with Gasteiger partial charge in [-0.15, -0.1) is 0 Å². The first kappa shape index (κ1) is 22.9. The third-order valence-corrected chi connectivity index (χ3v) is 6.33. The summed E-state index contributed by atoms with van der Waals surface area (Å²) in [6.07, 6.45) is 3.32. The Morgan fingerprint density at radius 3 is 2.66 bits per heavy atom. The van der Waals surface area contributed by atoms with E-state index in [2.05, 4.69) is 5.32 Å². The monoisotopic (exact) mass is 489 g/mol. The molecular weight excluding hydrogens is 466 g/mol. The van der Waals surface area contributed by atoms with E-state index in [1.54, 1.807) is 19.4 Å². The van der Waals surface area contributed by atoms with Crippen LogP contribution in [0.15, 0.2) is 65.3 Å². The molecule has 5 rings (SSSR count). The van der Waals surface area contributed by atoms with E-state index < -0.39 is 0 Å². The standard InChI is InChI=1S/C28H24ClNO5/c1-16(10-26(31)30-13-18-4-9-24-25(11-18)35-15-34-24)21-12-22-23(19-5-7-20(29)8-6-19)14-33-28(22)17(2)27(21)32-3/h4-12,14H,13,15H2,1-3H3,(H,30,31)/b16-10+. The Balaban J connectivity index is 1.43. The lowest BCUT2D eigenvalue weighted by Gasteiger charge is -2.13. The predicted molar refractivity (Wildman–Crippen MR) is 136 cm³/mol. The number of furan rings is 1. The summed E-state index contributed by atoms with van der Waals surface area (Å²) >= 11 is 6.06. The third kappa shape index (κ3) is 4.45. The van der Waals surface area contributed by atoms with Crippen LogP contribution >= 0.6 is 11.6 Å². The van der Waals surface area contributed by atoms with Crippen LogP contribution in [-0.4, -0.2) is 19.8 Å². The molecule has 0 spiro atoms. The Kier molecular flexibility index (Phi) is 6.14. The number of allylic oxidation sites excluding steroid dienone is 1. The number of hydrogen-bond acceptors (Lipinski definition) is 5.